The van der Waals surface area contributed by atoms with Gasteiger partial charge in [0.1, 0.15) is 12.4 Å². The van der Waals surface area contributed by atoms with Crippen LogP contribution in [-0.4, -0.2) is 13.1 Å². The van der Waals surface area contributed by atoms with Crippen molar-refractivity contribution in [3.05, 3.63) is 94.5 Å². The Morgan fingerprint density at radius 1 is 0.938 bits per heavy atom. The van der Waals surface area contributed by atoms with Gasteiger partial charge in [0.2, 0.25) is 0 Å². The standard InChI is InChI=1S/C27H27ClO4/c1-27(2,3)22-7-5-6-8-23(22)32-26(29)16-12-19-11-15-24(25(17-19)30-4)31-18-20-9-13-21(28)14-10-20/h5-17H,18H2,1-4H3/b16-12+. The predicted molar refractivity (Wildman–Crippen MR) is 129 cm³/mol. The van der Waals surface area contributed by atoms with E-state index in [0.717, 1.165) is 16.7 Å². The molecule has 0 radical (unpaired) electrons. The quantitative estimate of drug-likeness (QED) is 0.224. The van der Waals surface area contributed by atoms with E-state index in [-0.39, 0.29) is 5.41 Å². The van der Waals surface area contributed by atoms with Crippen molar-refractivity contribution in [3.8, 4) is 17.2 Å². The first-order chi connectivity index (χ1) is 15.3. The average molecular weight is 451 g/mol. The Labute approximate surface area is 194 Å². The first-order valence-electron chi connectivity index (χ1n) is 10.3. The molecule has 0 aliphatic carbocycles. The van der Waals surface area contributed by atoms with Crippen LogP contribution in [0.1, 0.15) is 37.5 Å². The number of hydrogen-bond donors (Lipinski definition) is 0. The van der Waals surface area contributed by atoms with Crippen molar-refractivity contribution in [3.63, 3.8) is 0 Å². The van der Waals surface area contributed by atoms with Gasteiger partial charge in [-0.2, -0.15) is 0 Å². The van der Waals surface area contributed by atoms with E-state index in [9.17, 15) is 4.79 Å². The Balaban J connectivity index is 1.67. The summed E-state index contributed by atoms with van der Waals surface area (Å²) in [5, 5.41) is 0.683. The van der Waals surface area contributed by atoms with Gasteiger partial charge in [-0.3, -0.25) is 0 Å². The van der Waals surface area contributed by atoms with Crippen LogP contribution < -0.4 is 14.2 Å². The molecule has 0 N–H and O–H groups in total. The highest BCUT2D eigenvalue weighted by Crippen LogP contribution is 2.32. The molecule has 0 aliphatic rings. The molecule has 0 bridgehead atoms. The Morgan fingerprint density at radius 2 is 1.66 bits per heavy atom. The second kappa shape index (κ2) is 10.4. The van der Waals surface area contributed by atoms with E-state index >= 15 is 0 Å². The molecule has 4 nitrogen and oxygen atoms in total. The number of rotatable bonds is 7. The van der Waals surface area contributed by atoms with Crippen LogP contribution in [0.4, 0.5) is 0 Å². The van der Waals surface area contributed by atoms with Crippen LogP contribution in [0.25, 0.3) is 6.08 Å². The lowest BCUT2D eigenvalue weighted by atomic mass is 9.86. The maximum Gasteiger partial charge on any atom is 0.336 e. The molecule has 0 spiro atoms. The second-order valence-corrected chi connectivity index (χ2v) is 8.76. The molecule has 0 heterocycles. The molecular formula is C27H27ClO4. The van der Waals surface area contributed by atoms with Crippen LogP contribution in [0, 0.1) is 0 Å². The lowest BCUT2D eigenvalue weighted by Crippen LogP contribution is -2.15. The molecule has 0 amide bonds. The molecule has 0 fully saturated rings. The molecule has 3 rings (SSSR count). The molecule has 0 aromatic heterocycles. The third kappa shape index (κ3) is 6.38. The minimum absolute atomic E-state index is 0.129. The third-order valence-electron chi connectivity index (χ3n) is 4.81. The monoisotopic (exact) mass is 450 g/mol. The van der Waals surface area contributed by atoms with E-state index in [1.807, 2.05) is 66.7 Å². The first-order valence-corrected chi connectivity index (χ1v) is 10.7. The van der Waals surface area contributed by atoms with Crippen LogP contribution >= 0.6 is 11.6 Å². The highest BCUT2D eigenvalue weighted by Gasteiger charge is 2.19. The van der Waals surface area contributed by atoms with Gasteiger partial charge < -0.3 is 14.2 Å². The summed E-state index contributed by atoms with van der Waals surface area (Å²) in [6, 6.07) is 20.5. The summed E-state index contributed by atoms with van der Waals surface area (Å²) in [7, 11) is 1.58. The van der Waals surface area contributed by atoms with Crippen molar-refractivity contribution in [2.24, 2.45) is 0 Å². The van der Waals surface area contributed by atoms with Gasteiger partial charge in [-0.15, -0.1) is 0 Å². The van der Waals surface area contributed by atoms with Crippen LogP contribution in [0.2, 0.25) is 5.02 Å². The maximum atomic E-state index is 12.4. The van der Waals surface area contributed by atoms with Gasteiger partial charge in [0.05, 0.1) is 7.11 Å². The summed E-state index contributed by atoms with van der Waals surface area (Å²) in [4.78, 5) is 12.4. The fraction of sp³-hybridized carbons (Fsp3) is 0.222. The van der Waals surface area contributed by atoms with Gasteiger partial charge in [0.25, 0.3) is 0 Å². The lowest BCUT2D eigenvalue weighted by Gasteiger charge is -2.21. The average Bonchev–Trinajstić information content (AvgIpc) is 2.77. The summed E-state index contributed by atoms with van der Waals surface area (Å²) in [5.41, 5.74) is 2.64. The minimum atomic E-state index is -0.441. The number of ether oxygens (including phenoxy) is 3. The maximum absolute atomic E-state index is 12.4. The van der Waals surface area contributed by atoms with E-state index in [4.69, 9.17) is 25.8 Å². The molecule has 166 valence electrons. The van der Waals surface area contributed by atoms with Crippen molar-refractivity contribution < 1.29 is 19.0 Å². The van der Waals surface area contributed by atoms with E-state index in [2.05, 4.69) is 20.8 Å². The lowest BCUT2D eigenvalue weighted by molar-refractivity contribution is -0.128. The molecule has 32 heavy (non-hydrogen) atoms. The Morgan fingerprint density at radius 3 is 2.34 bits per heavy atom. The highest BCUT2D eigenvalue weighted by atomic mass is 35.5. The van der Waals surface area contributed by atoms with Gasteiger partial charge in [0, 0.05) is 16.7 Å². The molecule has 0 saturated carbocycles. The molecule has 0 unspecified atom stereocenters. The molecule has 0 atom stereocenters. The molecular weight excluding hydrogens is 424 g/mol. The third-order valence-corrected chi connectivity index (χ3v) is 5.06. The van der Waals surface area contributed by atoms with Crippen LogP contribution in [0.5, 0.6) is 17.2 Å². The highest BCUT2D eigenvalue weighted by molar-refractivity contribution is 6.30. The number of esters is 1. The fourth-order valence-corrected chi connectivity index (χ4v) is 3.26. The number of halogens is 1. The van der Waals surface area contributed by atoms with E-state index in [0.29, 0.717) is 28.9 Å². The van der Waals surface area contributed by atoms with Gasteiger partial charge in [-0.1, -0.05) is 68.8 Å². The molecule has 0 aliphatic heterocycles. The normalized spacial score (nSPS) is 11.4. The van der Waals surface area contributed by atoms with Crippen LogP contribution in [0.3, 0.4) is 0 Å². The summed E-state index contributed by atoms with van der Waals surface area (Å²) < 4.78 is 16.9. The number of carbonyl (C=O) groups excluding carboxylic acids is 1. The topological polar surface area (TPSA) is 44.8 Å². The van der Waals surface area contributed by atoms with Crippen molar-refractivity contribution >= 4 is 23.6 Å². The van der Waals surface area contributed by atoms with Crippen molar-refractivity contribution in [1.82, 2.24) is 0 Å². The zero-order valence-corrected chi connectivity index (χ0v) is 19.5. The minimum Gasteiger partial charge on any atom is -0.493 e. The second-order valence-electron chi connectivity index (χ2n) is 8.33. The van der Waals surface area contributed by atoms with Gasteiger partial charge in [0.15, 0.2) is 11.5 Å². The number of carbonyl (C=O) groups is 1. The van der Waals surface area contributed by atoms with E-state index in [1.54, 1.807) is 13.2 Å². The Bertz CT molecular complexity index is 1100. The molecule has 3 aromatic carbocycles. The largest absolute Gasteiger partial charge is 0.493 e. The van der Waals surface area contributed by atoms with Crippen molar-refractivity contribution in [2.45, 2.75) is 32.8 Å². The fourth-order valence-electron chi connectivity index (χ4n) is 3.13. The first kappa shape index (κ1) is 23.4. The SMILES string of the molecule is COc1cc(/C=C/C(=O)Oc2ccccc2C(C)(C)C)ccc1OCc1ccc(Cl)cc1. The van der Waals surface area contributed by atoms with Crippen molar-refractivity contribution in [1.29, 1.82) is 0 Å². The van der Waals surface area contributed by atoms with Crippen LogP contribution in [0.15, 0.2) is 72.8 Å². The molecule has 5 heteroatoms. The number of benzene rings is 3. The molecule has 0 saturated heterocycles. The van der Waals surface area contributed by atoms with Gasteiger partial charge in [-0.05, 0) is 52.9 Å². The molecule has 3 aromatic rings. The summed E-state index contributed by atoms with van der Waals surface area (Å²) in [5.74, 6) is 1.32. The zero-order chi connectivity index (χ0) is 23.1. The van der Waals surface area contributed by atoms with Crippen molar-refractivity contribution in [2.75, 3.05) is 7.11 Å². The van der Waals surface area contributed by atoms with Gasteiger partial charge >= 0.3 is 5.97 Å². The summed E-state index contributed by atoms with van der Waals surface area (Å²) in [6.45, 7) is 6.64. The summed E-state index contributed by atoms with van der Waals surface area (Å²) in [6.07, 6.45) is 3.09. The van der Waals surface area contributed by atoms with E-state index < -0.39 is 5.97 Å². The number of methoxy groups -OCH3 is 1. The van der Waals surface area contributed by atoms with E-state index in [1.165, 1.54) is 6.08 Å². The Kier molecular flexibility index (Phi) is 7.60. The Hall–Kier alpha value is -3.24. The van der Waals surface area contributed by atoms with Gasteiger partial charge in [-0.25, -0.2) is 4.79 Å². The number of para-hydroxylation sites is 1. The summed E-state index contributed by atoms with van der Waals surface area (Å²) >= 11 is 5.92. The zero-order valence-electron chi connectivity index (χ0n) is 18.7. The smallest absolute Gasteiger partial charge is 0.336 e. The van der Waals surface area contributed by atoms with Crippen LogP contribution in [-0.2, 0) is 16.8 Å². The predicted octanol–water partition coefficient (Wildman–Crippen LogP) is 6.84. The number of hydrogen-bond acceptors (Lipinski definition) is 4.